The predicted octanol–water partition coefficient (Wildman–Crippen LogP) is 1.74. The molecule has 4 heteroatoms. The van der Waals surface area contributed by atoms with E-state index < -0.39 is 0 Å². The first-order chi connectivity index (χ1) is 9.24. The molecule has 1 fully saturated rings. The highest BCUT2D eigenvalue weighted by Crippen LogP contribution is 2.33. The molecule has 0 bridgehead atoms. The fourth-order valence-corrected chi connectivity index (χ4v) is 2.95. The van der Waals surface area contributed by atoms with E-state index in [0.717, 1.165) is 44.5 Å². The standard InChI is InChI=1S/C15H19NO3/c17-11-7-9-16(10-11)8-3-6-14-12-4-1-2-5-13(12)15(18)19-14/h1-2,4-5,11,14,17H,3,6-10H2. The zero-order valence-electron chi connectivity index (χ0n) is 10.9. The van der Waals surface area contributed by atoms with Crippen molar-refractivity contribution in [1.82, 2.24) is 4.90 Å². The van der Waals surface area contributed by atoms with Crippen LogP contribution in [0, 0.1) is 0 Å². The van der Waals surface area contributed by atoms with E-state index in [9.17, 15) is 9.90 Å². The van der Waals surface area contributed by atoms with Crippen molar-refractivity contribution in [2.45, 2.75) is 31.5 Å². The Morgan fingerprint density at radius 1 is 1.37 bits per heavy atom. The maximum absolute atomic E-state index is 11.7. The summed E-state index contributed by atoms with van der Waals surface area (Å²) in [5.74, 6) is -0.197. The fourth-order valence-electron chi connectivity index (χ4n) is 2.95. The van der Waals surface area contributed by atoms with Crippen molar-refractivity contribution >= 4 is 5.97 Å². The zero-order chi connectivity index (χ0) is 13.2. The summed E-state index contributed by atoms with van der Waals surface area (Å²) in [6.45, 7) is 2.72. The highest BCUT2D eigenvalue weighted by atomic mass is 16.5. The molecule has 0 amide bonds. The maximum Gasteiger partial charge on any atom is 0.339 e. The van der Waals surface area contributed by atoms with Crippen LogP contribution in [0.4, 0.5) is 0 Å². The summed E-state index contributed by atoms with van der Waals surface area (Å²) < 4.78 is 5.41. The number of carbonyl (C=O) groups excluding carboxylic acids is 1. The lowest BCUT2D eigenvalue weighted by atomic mass is 10.0. The van der Waals surface area contributed by atoms with Gasteiger partial charge in [0.25, 0.3) is 0 Å². The van der Waals surface area contributed by atoms with Crippen molar-refractivity contribution in [2.75, 3.05) is 19.6 Å². The Hall–Kier alpha value is -1.39. The van der Waals surface area contributed by atoms with E-state index in [-0.39, 0.29) is 18.2 Å². The number of aliphatic hydroxyl groups excluding tert-OH is 1. The summed E-state index contributed by atoms with van der Waals surface area (Å²) >= 11 is 0. The van der Waals surface area contributed by atoms with Crippen LogP contribution < -0.4 is 0 Å². The second-order valence-corrected chi connectivity index (χ2v) is 5.37. The molecule has 4 nitrogen and oxygen atoms in total. The molecule has 0 aromatic heterocycles. The SMILES string of the molecule is O=C1OC(CCCN2CCC(O)C2)c2ccccc21. The average molecular weight is 261 g/mol. The number of cyclic esters (lactones) is 1. The fraction of sp³-hybridized carbons (Fsp3) is 0.533. The molecule has 19 heavy (non-hydrogen) atoms. The third kappa shape index (κ3) is 2.65. The minimum Gasteiger partial charge on any atom is -0.454 e. The molecule has 2 atom stereocenters. The first-order valence-corrected chi connectivity index (χ1v) is 6.94. The Balaban J connectivity index is 1.53. The van der Waals surface area contributed by atoms with Crippen molar-refractivity contribution in [3.63, 3.8) is 0 Å². The van der Waals surface area contributed by atoms with Gasteiger partial charge in [0.2, 0.25) is 0 Å². The Kier molecular flexibility index (Phi) is 3.53. The number of nitrogens with zero attached hydrogens (tertiary/aromatic N) is 1. The summed E-state index contributed by atoms with van der Waals surface area (Å²) in [6, 6.07) is 7.62. The number of hydrogen-bond donors (Lipinski definition) is 1. The Bertz CT molecular complexity index is 474. The van der Waals surface area contributed by atoms with Crippen LogP contribution in [-0.2, 0) is 4.74 Å². The van der Waals surface area contributed by atoms with E-state index in [4.69, 9.17) is 4.74 Å². The van der Waals surface area contributed by atoms with Gasteiger partial charge in [-0.3, -0.25) is 0 Å². The number of ether oxygens (including phenoxy) is 1. The van der Waals surface area contributed by atoms with Crippen molar-refractivity contribution in [1.29, 1.82) is 0 Å². The normalized spacial score (nSPS) is 26.5. The first kappa shape index (κ1) is 12.6. The van der Waals surface area contributed by atoms with Crippen molar-refractivity contribution in [3.05, 3.63) is 35.4 Å². The van der Waals surface area contributed by atoms with Crippen LogP contribution in [0.5, 0.6) is 0 Å². The second-order valence-electron chi connectivity index (χ2n) is 5.37. The van der Waals surface area contributed by atoms with Crippen LogP contribution in [0.1, 0.15) is 41.3 Å². The number of β-amino-alcohol motifs (C(OH)–C–C–N with tert-alkyl or cyclic N) is 1. The number of carbonyl (C=O) groups is 1. The highest BCUT2D eigenvalue weighted by molar-refractivity contribution is 5.93. The Labute approximate surface area is 113 Å². The molecule has 1 aromatic carbocycles. The van der Waals surface area contributed by atoms with Gasteiger partial charge in [-0.1, -0.05) is 18.2 Å². The van der Waals surface area contributed by atoms with Gasteiger partial charge >= 0.3 is 5.97 Å². The predicted molar refractivity (Wildman–Crippen MR) is 70.9 cm³/mol. The molecule has 0 saturated carbocycles. The molecular formula is C15H19NO3. The van der Waals surface area contributed by atoms with Crippen LogP contribution in [0.2, 0.25) is 0 Å². The van der Waals surface area contributed by atoms with Gasteiger partial charge in [0.1, 0.15) is 6.10 Å². The summed E-state index contributed by atoms with van der Waals surface area (Å²) in [5, 5.41) is 9.46. The molecule has 2 aliphatic heterocycles. The number of rotatable bonds is 4. The quantitative estimate of drug-likeness (QED) is 0.839. The van der Waals surface area contributed by atoms with Gasteiger partial charge in [-0.15, -0.1) is 0 Å². The molecule has 0 radical (unpaired) electrons. The highest BCUT2D eigenvalue weighted by Gasteiger charge is 2.30. The summed E-state index contributed by atoms with van der Waals surface area (Å²) in [6.07, 6.45) is 2.47. The number of hydrogen-bond acceptors (Lipinski definition) is 4. The molecule has 1 saturated heterocycles. The summed E-state index contributed by atoms with van der Waals surface area (Å²) in [5.41, 5.74) is 1.73. The van der Waals surface area contributed by atoms with Crippen molar-refractivity contribution in [2.24, 2.45) is 0 Å². The number of fused-ring (bicyclic) bond motifs is 1. The monoisotopic (exact) mass is 261 g/mol. The molecule has 3 rings (SSSR count). The van der Waals surface area contributed by atoms with E-state index in [0.29, 0.717) is 5.56 Å². The van der Waals surface area contributed by atoms with E-state index in [1.165, 1.54) is 0 Å². The van der Waals surface area contributed by atoms with E-state index in [1.807, 2.05) is 24.3 Å². The van der Waals surface area contributed by atoms with Crippen LogP contribution in [0.25, 0.3) is 0 Å². The minimum absolute atomic E-state index is 0.0868. The number of likely N-dealkylation sites (tertiary alicyclic amines) is 1. The van der Waals surface area contributed by atoms with Crippen LogP contribution in [0.15, 0.2) is 24.3 Å². The Morgan fingerprint density at radius 2 is 2.21 bits per heavy atom. The van der Waals surface area contributed by atoms with Crippen LogP contribution in [0.3, 0.4) is 0 Å². The third-order valence-corrected chi connectivity index (χ3v) is 3.97. The molecule has 2 heterocycles. The summed E-state index contributed by atoms with van der Waals surface area (Å²) in [4.78, 5) is 13.9. The summed E-state index contributed by atoms with van der Waals surface area (Å²) in [7, 11) is 0. The third-order valence-electron chi connectivity index (χ3n) is 3.97. The molecule has 102 valence electrons. The number of benzene rings is 1. The number of esters is 1. The van der Waals surface area contributed by atoms with Gasteiger partial charge in [-0.2, -0.15) is 0 Å². The van der Waals surface area contributed by atoms with Gasteiger partial charge in [-0.25, -0.2) is 4.79 Å². The molecule has 0 aliphatic carbocycles. The van der Waals surface area contributed by atoms with E-state index in [1.54, 1.807) is 0 Å². The van der Waals surface area contributed by atoms with Crippen molar-refractivity contribution in [3.8, 4) is 0 Å². The zero-order valence-corrected chi connectivity index (χ0v) is 10.9. The average Bonchev–Trinajstić information content (AvgIpc) is 2.96. The topological polar surface area (TPSA) is 49.8 Å². The van der Waals surface area contributed by atoms with Gasteiger partial charge in [0, 0.05) is 18.7 Å². The molecule has 2 unspecified atom stereocenters. The lowest BCUT2D eigenvalue weighted by molar-refractivity contribution is 0.0359. The Morgan fingerprint density at radius 3 is 3.00 bits per heavy atom. The maximum atomic E-state index is 11.7. The molecule has 1 aromatic rings. The first-order valence-electron chi connectivity index (χ1n) is 6.94. The van der Waals surface area contributed by atoms with E-state index >= 15 is 0 Å². The van der Waals surface area contributed by atoms with Crippen LogP contribution >= 0.6 is 0 Å². The lowest BCUT2D eigenvalue weighted by Crippen LogP contribution is -2.23. The largest absolute Gasteiger partial charge is 0.454 e. The smallest absolute Gasteiger partial charge is 0.339 e. The van der Waals surface area contributed by atoms with Gasteiger partial charge in [0.05, 0.1) is 11.7 Å². The van der Waals surface area contributed by atoms with Gasteiger partial charge in [-0.05, 0) is 31.9 Å². The molecule has 2 aliphatic rings. The van der Waals surface area contributed by atoms with Crippen molar-refractivity contribution < 1.29 is 14.6 Å². The number of aliphatic hydroxyl groups is 1. The lowest BCUT2D eigenvalue weighted by Gasteiger charge is -2.16. The van der Waals surface area contributed by atoms with E-state index in [2.05, 4.69) is 4.90 Å². The van der Waals surface area contributed by atoms with Gasteiger partial charge < -0.3 is 14.7 Å². The molecular weight excluding hydrogens is 242 g/mol. The second kappa shape index (κ2) is 5.31. The molecule has 1 N–H and O–H groups in total. The van der Waals surface area contributed by atoms with Gasteiger partial charge in [0.15, 0.2) is 0 Å². The van der Waals surface area contributed by atoms with Crippen LogP contribution in [-0.4, -0.2) is 41.7 Å². The molecule has 0 spiro atoms. The minimum atomic E-state index is -0.197.